The highest BCUT2D eigenvalue weighted by molar-refractivity contribution is 5.94. The Morgan fingerprint density at radius 3 is 2.68 bits per heavy atom. The second-order valence-electron chi connectivity index (χ2n) is 7.01. The molecule has 4 rings (SSSR count). The third-order valence-corrected chi connectivity index (χ3v) is 5.00. The van der Waals surface area contributed by atoms with Crippen LogP contribution in [0.5, 0.6) is 0 Å². The average Bonchev–Trinajstić information content (AvgIpc) is 2.94. The lowest BCUT2D eigenvalue weighted by Gasteiger charge is -2.24. The van der Waals surface area contributed by atoms with E-state index in [1.165, 1.54) is 28.7 Å². The highest BCUT2D eigenvalue weighted by atomic mass is 19.4. The van der Waals surface area contributed by atoms with Crippen LogP contribution in [-0.4, -0.2) is 15.3 Å². The van der Waals surface area contributed by atoms with Gasteiger partial charge in [0.2, 0.25) is 5.91 Å². The number of hydrogen-bond acceptors (Lipinski definition) is 2. The molecule has 146 valence electrons. The molecule has 1 aliphatic rings. The third kappa shape index (κ3) is 3.58. The summed E-state index contributed by atoms with van der Waals surface area (Å²) < 4.78 is 54.5. The molecule has 3 aromatic rings. The fourth-order valence-corrected chi connectivity index (χ4v) is 3.37. The first-order valence-corrected chi connectivity index (χ1v) is 8.96. The van der Waals surface area contributed by atoms with Gasteiger partial charge in [-0.3, -0.25) is 9.20 Å². The van der Waals surface area contributed by atoms with E-state index < -0.39 is 17.6 Å². The van der Waals surface area contributed by atoms with Crippen molar-refractivity contribution < 1.29 is 22.4 Å². The molecule has 1 saturated carbocycles. The number of aromatic nitrogens is 2. The lowest BCUT2D eigenvalue weighted by atomic mass is 9.83. The van der Waals surface area contributed by atoms with Gasteiger partial charge in [-0.2, -0.15) is 13.2 Å². The van der Waals surface area contributed by atoms with Gasteiger partial charge in [0.15, 0.2) is 5.82 Å². The van der Waals surface area contributed by atoms with Gasteiger partial charge in [0.05, 0.1) is 11.3 Å². The Labute approximate surface area is 158 Å². The van der Waals surface area contributed by atoms with Crippen molar-refractivity contribution in [3.8, 4) is 11.3 Å². The van der Waals surface area contributed by atoms with Gasteiger partial charge in [-0.15, -0.1) is 0 Å². The van der Waals surface area contributed by atoms with Gasteiger partial charge in [-0.25, -0.2) is 9.37 Å². The van der Waals surface area contributed by atoms with Crippen LogP contribution in [0.15, 0.2) is 42.6 Å². The molecule has 1 aromatic carbocycles. The predicted molar refractivity (Wildman–Crippen MR) is 96.2 cm³/mol. The normalized spacial score (nSPS) is 14.9. The van der Waals surface area contributed by atoms with Gasteiger partial charge >= 0.3 is 6.18 Å². The topological polar surface area (TPSA) is 46.4 Å². The van der Waals surface area contributed by atoms with Gasteiger partial charge in [0.25, 0.3) is 0 Å². The molecule has 0 bridgehead atoms. The standard InChI is InChI=1S/C20H17F4N3O/c21-15-7-8-16-25-19(26-17(28)9-12-3-1-4-12)18(27(16)11-15)13-5-2-6-14(10-13)20(22,23)24/h2,5-8,10-12H,1,3-4,9H2,(H,26,28). The summed E-state index contributed by atoms with van der Waals surface area (Å²) in [6, 6.07) is 7.30. The van der Waals surface area contributed by atoms with Crippen LogP contribution >= 0.6 is 0 Å². The summed E-state index contributed by atoms with van der Waals surface area (Å²) in [4.78, 5) is 16.7. The molecule has 2 aromatic heterocycles. The SMILES string of the molecule is O=C(CC1CCC1)Nc1nc2ccc(F)cn2c1-c1cccc(C(F)(F)F)c1. The predicted octanol–water partition coefficient (Wildman–Crippen LogP) is 5.29. The third-order valence-electron chi connectivity index (χ3n) is 5.00. The Morgan fingerprint density at radius 1 is 1.21 bits per heavy atom. The summed E-state index contributed by atoms with van der Waals surface area (Å²) in [6.45, 7) is 0. The van der Waals surface area contributed by atoms with Gasteiger partial charge < -0.3 is 5.32 Å². The molecule has 0 aliphatic heterocycles. The second-order valence-corrected chi connectivity index (χ2v) is 7.01. The number of imidazole rings is 1. The number of fused-ring (bicyclic) bond motifs is 1. The summed E-state index contributed by atoms with van der Waals surface area (Å²) in [6.07, 6.45) is 0.0365. The molecule has 1 aliphatic carbocycles. The lowest BCUT2D eigenvalue weighted by Crippen LogP contribution is -2.21. The summed E-state index contributed by atoms with van der Waals surface area (Å²) in [5.74, 6) is -0.368. The fraction of sp³-hybridized carbons (Fsp3) is 0.300. The van der Waals surface area contributed by atoms with E-state index in [1.807, 2.05) is 0 Å². The van der Waals surface area contributed by atoms with E-state index in [-0.39, 0.29) is 23.0 Å². The Kier molecular flexibility index (Phi) is 4.56. The first-order valence-electron chi connectivity index (χ1n) is 8.96. The van der Waals surface area contributed by atoms with Crippen LogP contribution in [0.3, 0.4) is 0 Å². The molecule has 0 unspecified atom stereocenters. The molecule has 0 atom stereocenters. The minimum Gasteiger partial charge on any atom is -0.309 e. The largest absolute Gasteiger partial charge is 0.416 e. The molecule has 0 radical (unpaired) electrons. The first-order chi connectivity index (χ1) is 13.3. The summed E-state index contributed by atoms with van der Waals surface area (Å²) in [7, 11) is 0. The molecule has 0 saturated heterocycles. The zero-order valence-electron chi connectivity index (χ0n) is 14.8. The smallest absolute Gasteiger partial charge is 0.309 e. The number of pyridine rings is 1. The number of nitrogens with one attached hydrogen (secondary N) is 1. The number of carbonyl (C=O) groups is 1. The first kappa shape index (κ1) is 18.5. The van der Waals surface area contributed by atoms with E-state index >= 15 is 0 Å². The van der Waals surface area contributed by atoms with E-state index in [0.717, 1.165) is 37.6 Å². The van der Waals surface area contributed by atoms with Gasteiger partial charge in [0, 0.05) is 18.2 Å². The maximum atomic E-state index is 13.8. The average molecular weight is 391 g/mol. The fourth-order valence-electron chi connectivity index (χ4n) is 3.37. The minimum atomic E-state index is -4.52. The van der Waals surface area contributed by atoms with Crippen molar-refractivity contribution in [1.82, 2.24) is 9.38 Å². The zero-order valence-corrected chi connectivity index (χ0v) is 14.8. The van der Waals surface area contributed by atoms with Crippen molar-refractivity contribution in [1.29, 1.82) is 0 Å². The highest BCUT2D eigenvalue weighted by Gasteiger charge is 2.31. The molecule has 1 fully saturated rings. The van der Waals surface area contributed by atoms with Gasteiger partial charge in [0.1, 0.15) is 11.5 Å². The Hall–Kier alpha value is -2.90. The van der Waals surface area contributed by atoms with E-state index in [1.54, 1.807) is 0 Å². The number of amides is 1. The van der Waals surface area contributed by atoms with Crippen molar-refractivity contribution in [2.24, 2.45) is 5.92 Å². The number of anilines is 1. The van der Waals surface area contributed by atoms with Crippen LogP contribution in [0.1, 0.15) is 31.2 Å². The molecule has 1 N–H and O–H groups in total. The number of hydrogen-bond donors (Lipinski definition) is 1. The number of halogens is 4. The van der Waals surface area contributed by atoms with Crippen molar-refractivity contribution in [3.05, 3.63) is 54.0 Å². The molecule has 0 spiro atoms. The Balaban J connectivity index is 1.78. The van der Waals surface area contributed by atoms with Crippen LogP contribution in [0.25, 0.3) is 16.9 Å². The molecule has 8 heteroatoms. The summed E-state index contributed by atoms with van der Waals surface area (Å²) in [5.41, 5.74) is -0.106. The summed E-state index contributed by atoms with van der Waals surface area (Å²) >= 11 is 0. The van der Waals surface area contributed by atoms with Crippen LogP contribution in [0.4, 0.5) is 23.4 Å². The quantitative estimate of drug-likeness (QED) is 0.615. The molecule has 2 heterocycles. The molecular formula is C20H17F4N3O. The van der Waals surface area contributed by atoms with Crippen LogP contribution in [0.2, 0.25) is 0 Å². The summed E-state index contributed by atoms with van der Waals surface area (Å²) in [5, 5.41) is 2.70. The van der Waals surface area contributed by atoms with Crippen LogP contribution < -0.4 is 5.32 Å². The minimum absolute atomic E-state index is 0.120. The number of rotatable bonds is 4. The van der Waals surface area contributed by atoms with E-state index in [9.17, 15) is 22.4 Å². The van der Waals surface area contributed by atoms with Crippen molar-refractivity contribution in [3.63, 3.8) is 0 Å². The lowest BCUT2D eigenvalue weighted by molar-refractivity contribution is -0.137. The monoisotopic (exact) mass is 391 g/mol. The number of alkyl halides is 3. The number of benzene rings is 1. The number of carbonyl (C=O) groups excluding carboxylic acids is 1. The van der Waals surface area contributed by atoms with Gasteiger partial charge in [-0.05, 0) is 43.0 Å². The van der Waals surface area contributed by atoms with Gasteiger partial charge in [-0.1, -0.05) is 18.6 Å². The van der Waals surface area contributed by atoms with Crippen LogP contribution in [-0.2, 0) is 11.0 Å². The van der Waals surface area contributed by atoms with Crippen molar-refractivity contribution in [2.75, 3.05) is 5.32 Å². The van der Waals surface area contributed by atoms with Crippen molar-refractivity contribution >= 4 is 17.4 Å². The molecular weight excluding hydrogens is 374 g/mol. The van der Waals surface area contributed by atoms with Crippen LogP contribution in [0, 0.1) is 11.7 Å². The maximum absolute atomic E-state index is 13.8. The molecule has 1 amide bonds. The van der Waals surface area contributed by atoms with Crippen molar-refractivity contribution in [2.45, 2.75) is 31.9 Å². The molecule has 4 nitrogen and oxygen atoms in total. The van der Waals surface area contributed by atoms with E-state index in [2.05, 4.69) is 10.3 Å². The Bertz CT molecular complexity index is 1040. The Morgan fingerprint density at radius 2 is 2.00 bits per heavy atom. The highest BCUT2D eigenvalue weighted by Crippen LogP contribution is 2.35. The zero-order chi connectivity index (χ0) is 19.9. The number of nitrogens with zero attached hydrogens (tertiary/aromatic N) is 2. The van der Waals surface area contributed by atoms with E-state index in [4.69, 9.17) is 0 Å². The molecule has 28 heavy (non-hydrogen) atoms. The maximum Gasteiger partial charge on any atom is 0.416 e. The second kappa shape index (κ2) is 6.92. The van der Waals surface area contributed by atoms with E-state index in [0.29, 0.717) is 18.0 Å².